The average molecular weight is 575 g/mol. The summed E-state index contributed by atoms with van der Waals surface area (Å²) in [5.41, 5.74) is 7.32. The Morgan fingerprint density at radius 1 is 1.00 bits per heavy atom. The summed E-state index contributed by atoms with van der Waals surface area (Å²) in [5.74, 6) is -7.72. The summed E-state index contributed by atoms with van der Waals surface area (Å²) >= 11 is 0. The molecule has 0 aliphatic heterocycles. The van der Waals surface area contributed by atoms with Gasteiger partial charge in [0.15, 0.2) is 0 Å². The molecule has 41 heavy (non-hydrogen) atoms. The fraction of sp³-hybridized carbons (Fsp3) is 0.414. The van der Waals surface area contributed by atoms with E-state index in [1.165, 1.54) is 11.9 Å². The van der Waals surface area contributed by atoms with E-state index >= 15 is 0 Å². The number of carbonyl (C=O) groups excluding carboxylic acids is 4. The third kappa shape index (κ3) is 8.89. The number of amidine groups is 1. The average Bonchev–Trinajstić information content (AvgIpc) is 2.94. The maximum atomic E-state index is 13.6. The van der Waals surface area contributed by atoms with Crippen LogP contribution in [0.4, 0.5) is 13.2 Å². The second-order valence-corrected chi connectivity index (χ2v) is 10.1. The number of ether oxygens (including phenoxy) is 1. The molecule has 0 aromatic heterocycles. The van der Waals surface area contributed by atoms with Crippen molar-refractivity contribution in [2.75, 3.05) is 7.05 Å². The molecule has 0 heterocycles. The minimum absolute atomic E-state index is 0.101. The number of halogens is 3. The van der Waals surface area contributed by atoms with Gasteiger partial charge in [-0.05, 0) is 36.3 Å². The molecule has 2 atom stereocenters. The summed E-state index contributed by atoms with van der Waals surface area (Å²) in [7, 11) is 1.52. The van der Waals surface area contributed by atoms with E-state index < -0.39 is 47.8 Å². The molecule has 0 spiro atoms. The van der Waals surface area contributed by atoms with Crippen LogP contribution in [0.2, 0.25) is 0 Å². The Bertz CT molecular complexity index is 1250. The Morgan fingerprint density at radius 3 is 2.17 bits per heavy atom. The van der Waals surface area contributed by atoms with Gasteiger partial charge < -0.3 is 20.7 Å². The third-order valence-corrected chi connectivity index (χ3v) is 7.06. The fourth-order valence-electron chi connectivity index (χ4n) is 4.85. The summed E-state index contributed by atoms with van der Waals surface area (Å²) in [4.78, 5) is 52.8. The normalized spacial score (nSPS) is 15.3. The van der Waals surface area contributed by atoms with E-state index in [2.05, 4.69) is 10.1 Å². The number of hydrogen-bond donors (Lipinski definition) is 3. The van der Waals surface area contributed by atoms with Crippen molar-refractivity contribution >= 4 is 29.6 Å². The molecule has 1 unspecified atom stereocenters. The molecule has 3 rings (SSSR count). The first-order chi connectivity index (χ1) is 19.4. The lowest BCUT2D eigenvalue weighted by Gasteiger charge is -2.31. The number of carbonyl (C=O) groups is 4. The maximum absolute atomic E-state index is 13.6. The molecule has 1 saturated carbocycles. The van der Waals surface area contributed by atoms with Crippen LogP contribution in [0.25, 0.3) is 0 Å². The lowest BCUT2D eigenvalue weighted by Crippen LogP contribution is -2.53. The molecule has 2 aromatic carbocycles. The Balaban J connectivity index is 1.88. The molecule has 0 radical (unpaired) electrons. The van der Waals surface area contributed by atoms with Gasteiger partial charge in [-0.15, -0.1) is 0 Å². The number of benzene rings is 2. The first kappa shape index (κ1) is 31.3. The second-order valence-electron chi connectivity index (χ2n) is 10.1. The van der Waals surface area contributed by atoms with Gasteiger partial charge in [0.05, 0.1) is 0 Å². The van der Waals surface area contributed by atoms with Crippen LogP contribution in [0.3, 0.4) is 0 Å². The second kappa shape index (κ2) is 13.9. The minimum atomic E-state index is -5.39. The van der Waals surface area contributed by atoms with E-state index in [0.29, 0.717) is 36.8 Å². The molecule has 9 nitrogen and oxygen atoms in total. The van der Waals surface area contributed by atoms with Crippen molar-refractivity contribution in [3.8, 4) is 0 Å². The Morgan fingerprint density at radius 2 is 1.61 bits per heavy atom. The first-order valence-electron chi connectivity index (χ1n) is 13.2. The SMILES string of the molecule is CN(Cc1ccccc1)C(=O)[C@@H](Cc1ccc(C(=N)N)cc1)C(=O)NC(C(=O)OC(=O)C(F)(F)F)C1CCCCC1. The van der Waals surface area contributed by atoms with Gasteiger partial charge in [-0.3, -0.25) is 15.0 Å². The smallest absolute Gasteiger partial charge is 0.385 e. The molecule has 1 aliphatic rings. The van der Waals surface area contributed by atoms with Crippen LogP contribution in [0, 0.1) is 17.2 Å². The van der Waals surface area contributed by atoms with E-state index in [1.807, 2.05) is 18.2 Å². The molecule has 12 heteroatoms. The number of nitrogens with two attached hydrogens (primary N) is 1. The van der Waals surface area contributed by atoms with Crippen molar-refractivity contribution in [1.82, 2.24) is 10.2 Å². The summed E-state index contributed by atoms with van der Waals surface area (Å²) in [6.07, 6.45) is -2.41. The maximum Gasteiger partial charge on any atom is 0.491 e. The van der Waals surface area contributed by atoms with Gasteiger partial charge in [0.25, 0.3) is 0 Å². The fourth-order valence-corrected chi connectivity index (χ4v) is 4.85. The van der Waals surface area contributed by atoms with Crippen molar-refractivity contribution in [3.05, 3.63) is 71.3 Å². The molecule has 1 aliphatic carbocycles. The van der Waals surface area contributed by atoms with Crippen molar-refractivity contribution in [1.29, 1.82) is 5.41 Å². The quantitative estimate of drug-likeness (QED) is 0.172. The number of nitrogen functional groups attached to an aromatic ring is 1. The minimum Gasteiger partial charge on any atom is -0.385 e. The van der Waals surface area contributed by atoms with Gasteiger partial charge in [0.2, 0.25) is 11.8 Å². The summed E-state index contributed by atoms with van der Waals surface area (Å²) in [6.45, 7) is 0.181. The zero-order chi connectivity index (χ0) is 30.2. The van der Waals surface area contributed by atoms with Gasteiger partial charge in [0, 0.05) is 19.2 Å². The summed E-state index contributed by atoms with van der Waals surface area (Å²) < 4.78 is 42.6. The Hall–Kier alpha value is -4.22. The molecular formula is C29H33F3N4O5. The molecule has 220 valence electrons. The molecule has 0 saturated heterocycles. The number of amides is 2. The van der Waals surface area contributed by atoms with Gasteiger partial charge >= 0.3 is 18.1 Å². The van der Waals surface area contributed by atoms with E-state index in [9.17, 15) is 32.3 Å². The molecule has 0 bridgehead atoms. The number of rotatable bonds is 10. The van der Waals surface area contributed by atoms with Crippen molar-refractivity contribution in [2.45, 2.75) is 57.3 Å². The van der Waals surface area contributed by atoms with Gasteiger partial charge in [-0.1, -0.05) is 73.9 Å². The molecule has 2 aromatic rings. The van der Waals surface area contributed by atoms with Crippen LogP contribution in [-0.2, 0) is 36.9 Å². The van der Waals surface area contributed by atoms with Crippen LogP contribution < -0.4 is 11.1 Å². The zero-order valence-electron chi connectivity index (χ0n) is 22.6. The Labute approximate surface area is 235 Å². The van der Waals surface area contributed by atoms with E-state index in [-0.39, 0.29) is 18.8 Å². The van der Waals surface area contributed by atoms with Crippen molar-refractivity contribution in [2.24, 2.45) is 17.6 Å². The Kier molecular flexibility index (Phi) is 10.6. The number of nitrogens with zero attached hydrogens (tertiary/aromatic N) is 1. The number of alkyl halides is 3. The zero-order valence-corrected chi connectivity index (χ0v) is 22.6. The van der Waals surface area contributed by atoms with Crippen LogP contribution in [0.1, 0.15) is 48.8 Å². The van der Waals surface area contributed by atoms with E-state index in [4.69, 9.17) is 11.1 Å². The highest BCUT2D eigenvalue weighted by molar-refractivity contribution is 6.02. The monoisotopic (exact) mass is 574 g/mol. The molecular weight excluding hydrogens is 541 g/mol. The van der Waals surface area contributed by atoms with E-state index in [1.54, 1.807) is 36.4 Å². The van der Waals surface area contributed by atoms with Gasteiger partial charge in [-0.25, -0.2) is 9.59 Å². The van der Waals surface area contributed by atoms with Crippen LogP contribution in [-0.4, -0.2) is 53.8 Å². The highest BCUT2D eigenvalue weighted by Gasteiger charge is 2.45. The van der Waals surface area contributed by atoms with Gasteiger partial charge in [0.1, 0.15) is 17.8 Å². The van der Waals surface area contributed by atoms with Crippen LogP contribution in [0.15, 0.2) is 54.6 Å². The number of hydrogen-bond acceptors (Lipinski definition) is 6. The first-order valence-corrected chi connectivity index (χ1v) is 13.2. The van der Waals surface area contributed by atoms with Crippen molar-refractivity contribution < 1.29 is 37.1 Å². The lowest BCUT2D eigenvalue weighted by molar-refractivity contribution is -0.203. The van der Waals surface area contributed by atoms with Crippen LogP contribution in [0.5, 0.6) is 0 Å². The lowest BCUT2D eigenvalue weighted by atomic mass is 9.83. The topological polar surface area (TPSA) is 143 Å². The highest BCUT2D eigenvalue weighted by atomic mass is 19.4. The number of esters is 2. The largest absolute Gasteiger partial charge is 0.491 e. The summed E-state index contributed by atoms with van der Waals surface area (Å²) in [6, 6.07) is 13.9. The predicted octanol–water partition coefficient (Wildman–Crippen LogP) is 3.49. The van der Waals surface area contributed by atoms with Crippen LogP contribution >= 0.6 is 0 Å². The van der Waals surface area contributed by atoms with Gasteiger partial charge in [-0.2, -0.15) is 13.2 Å². The molecule has 2 amide bonds. The molecule has 1 fully saturated rings. The predicted molar refractivity (Wildman–Crippen MR) is 143 cm³/mol. The summed E-state index contributed by atoms with van der Waals surface area (Å²) in [5, 5.41) is 10.0. The standard InChI is InChI=1S/C29H33F3N4O5/c1-36(17-19-8-4-2-5-9-19)26(38)22(16-18-12-14-21(15-13-18)24(33)34)25(37)35-23(20-10-6-3-7-11-20)27(39)41-28(40)29(30,31)32/h2,4-5,8-9,12-15,20,22-23H,3,6-7,10-11,16-17H2,1H3,(H3,33,34)(H,35,37)/t22-,23?/m0/s1. The van der Waals surface area contributed by atoms with E-state index in [0.717, 1.165) is 12.0 Å². The van der Waals surface area contributed by atoms with Crippen molar-refractivity contribution in [3.63, 3.8) is 0 Å². The number of nitrogens with one attached hydrogen (secondary N) is 2. The highest BCUT2D eigenvalue weighted by Crippen LogP contribution is 2.28. The molecule has 4 N–H and O–H groups in total. The third-order valence-electron chi connectivity index (χ3n) is 7.06.